The van der Waals surface area contributed by atoms with Crippen molar-refractivity contribution in [3.63, 3.8) is 0 Å². The van der Waals surface area contributed by atoms with Crippen LogP contribution in [0.2, 0.25) is 0 Å². The van der Waals surface area contributed by atoms with Gasteiger partial charge in [-0.15, -0.1) is 0 Å². The Morgan fingerprint density at radius 1 is 1.26 bits per heavy atom. The van der Waals surface area contributed by atoms with Gasteiger partial charge in [0.2, 0.25) is 0 Å². The molecule has 0 atom stereocenters. The minimum Gasteiger partial charge on any atom is -0.490 e. The third kappa shape index (κ3) is 2.17. The molecular weight excluding hydrogens is 242 g/mol. The van der Waals surface area contributed by atoms with Gasteiger partial charge in [0, 0.05) is 25.6 Å². The molecule has 0 fully saturated rings. The molecule has 2 aromatic rings. The zero-order valence-corrected chi connectivity index (χ0v) is 10.9. The molecule has 5 heteroatoms. The summed E-state index contributed by atoms with van der Waals surface area (Å²) in [5.41, 5.74) is 7.68. The Balaban J connectivity index is 2.01. The first kappa shape index (κ1) is 12.0. The number of nitrogens with zero attached hydrogens (tertiary/aromatic N) is 2. The van der Waals surface area contributed by atoms with Gasteiger partial charge in [0.05, 0.1) is 25.1 Å². The van der Waals surface area contributed by atoms with Crippen LogP contribution in [-0.4, -0.2) is 22.8 Å². The Labute approximate surface area is 112 Å². The molecule has 0 saturated heterocycles. The first-order valence-electron chi connectivity index (χ1n) is 6.40. The van der Waals surface area contributed by atoms with Crippen molar-refractivity contribution in [3.05, 3.63) is 30.1 Å². The molecule has 5 nitrogen and oxygen atoms in total. The van der Waals surface area contributed by atoms with Crippen LogP contribution >= 0.6 is 0 Å². The van der Waals surface area contributed by atoms with E-state index in [2.05, 4.69) is 4.98 Å². The van der Waals surface area contributed by atoms with Crippen molar-refractivity contribution >= 4 is 0 Å². The van der Waals surface area contributed by atoms with Crippen molar-refractivity contribution in [2.45, 2.75) is 13.0 Å². The zero-order chi connectivity index (χ0) is 13.2. The van der Waals surface area contributed by atoms with Crippen LogP contribution < -0.4 is 15.2 Å². The average molecular weight is 259 g/mol. The lowest BCUT2D eigenvalue weighted by Crippen LogP contribution is -2.04. The molecule has 1 aliphatic heterocycles. The summed E-state index contributed by atoms with van der Waals surface area (Å²) in [7, 11) is 1.97. The fourth-order valence-electron chi connectivity index (χ4n) is 2.21. The third-order valence-electron chi connectivity index (χ3n) is 3.30. The molecule has 1 aromatic carbocycles. The van der Waals surface area contributed by atoms with Gasteiger partial charge in [-0.25, -0.2) is 4.98 Å². The second-order valence-electron chi connectivity index (χ2n) is 4.55. The van der Waals surface area contributed by atoms with Gasteiger partial charge in [-0.3, -0.25) is 0 Å². The van der Waals surface area contributed by atoms with Crippen molar-refractivity contribution in [1.82, 2.24) is 9.55 Å². The van der Waals surface area contributed by atoms with Gasteiger partial charge in [-0.05, 0) is 18.2 Å². The van der Waals surface area contributed by atoms with E-state index >= 15 is 0 Å². The van der Waals surface area contributed by atoms with Crippen LogP contribution in [0.1, 0.15) is 12.1 Å². The predicted octanol–water partition coefficient (Wildman–Crippen LogP) is 1.71. The van der Waals surface area contributed by atoms with Gasteiger partial charge >= 0.3 is 0 Å². The highest BCUT2D eigenvalue weighted by atomic mass is 16.5. The first-order valence-corrected chi connectivity index (χ1v) is 6.40. The largest absolute Gasteiger partial charge is 0.490 e. The van der Waals surface area contributed by atoms with E-state index in [1.165, 1.54) is 0 Å². The highest BCUT2D eigenvalue weighted by molar-refractivity contribution is 5.62. The van der Waals surface area contributed by atoms with E-state index in [-0.39, 0.29) is 0 Å². The Morgan fingerprint density at radius 3 is 2.79 bits per heavy atom. The average Bonchev–Trinajstić information content (AvgIpc) is 2.66. The number of ether oxygens (including phenoxy) is 2. The molecule has 0 saturated carbocycles. The second-order valence-corrected chi connectivity index (χ2v) is 4.55. The maximum atomic E-state index is 5.70. The molecule has 0 amide bonds. The standard InChI is InChI=1S/C14H17N3O2/c1-17-11(8-15)9-16-14(17)10-3-4-12-13(7-10)19-6-2-5-18-12/h3-4,7,9H,2,5-6,8,15H2,1H3. The number of aromatic nitrogens is 2. The minimum atomic E-state index is 0.480. The topological polar surface area (TPSA) is 62.3 Å². The Bertz CT molecular complexity index is 592. The molecule has 0 unspecified atom stereocenters. The number of rotatable bonds is 2. The van der Waals surface area contributed by atoms with E-state index in [4.69, 9.17) is 15.2 Å². The monoisotopic (exact) mass is 259 g/mol. The van der Waals surface area contributed by atoms with Crippen LogP contribution in [0.3, 0.4) is 0 Å². The van der Waals surface area contributed by atoms with Crippen molar-refractivity contribution in [3.8, 4) is 22.9 Å². The van der Waals surface area contributed by atoms with Crippen molar-refractivity contribution in [1.29, 1.82) is 0 Å². The van der Waals surface area contributed by atoms with E-state index in [0.717, 1.165) is 35.0 Å². The highest BCUT2D eigenvalue weighted by Gasteiger charge is 2.14. The second kappa shape index (κ2) is 4.93. The SMILES string of the molecule is Cn1c(CN)cnc1-c1ccc2c(c1)OCCCO2. The Hall–Kier alpha value is -2.01. The molecule has 0 radical (unpaired) electrons. The van der Waals surface area contributed by atoms with Gasteiger partial charge in [0.1, 0.15) is 5.82 Å². The normalized spacial score (nSPS) is 14.2. The van der Waals surface area contributed by atoms with E-state index in [0.29, 0.717) is 19.8 Å². The van der Waals surface area contributed by atoms with E-state index in [1.54, 1.807) is 6.20 Å². The van der Waals surface area contributed by atoms with Crippen LogP contribution in [0, 0.1) is 0 Å². The summed E-state index contributed by atoms with van der Waals surface area (Å²) in [5, 5.41) is 0. The molecule has 0 spiro atoms. The molecule has 100 valence electrons. The van der Waals surface area contributed by atoms with Gasteiger partial charge in [0.25, 0.3) is 0 Å². The van der Waals surface area contributed by atoms with Gasteiger partial charge < -0.3 is 19.8 Å². The van der Waals surface area contributed by atoms with Gasteiger partial charge in [0.15, 0.2) is 11.5 Å². The lowest BCUT2D eigenvalue weighted by atomic mass is 10.2. The summed E-state index contributed by atoms with van der Waals surface area (Å²) in [6, 6.07) is 5.91. The van der Waals surface area contributed by atoms with Crippen LogP contribution in [0.5, 0.6) is 11.5 Å². The minimum absolute atomic E-state index is 0.480. The Morgan fingerprint density at radius 2 is 2.05 bits per heavy atom. The summed E-state index contributed by atoms with van der Waals surface area (Å²) in [4.78, 5) is 4.42. The third-order valence-corrected chi connectivity index (χ3v) is 3.30. The molecule has 1 aliphatic rings. The van der Waals surface area contributed by atoms with Gasteiger partial charge in [-0.2, -0.15) is 0 Å². The molecule has 0 aliphatic carbocycles. The molecule has 0 bridgehead atoms. The van der Waals surface area contributed by atoms with Crippen LogP contribution in [0.25, 0.3) is 11.4 Å². The number of imidazole rings is 1. The fourth-order valence-corrected chi connectivity index (χ4v) is 2.21. The van der Waals surface area contributed by atoms with Crippen LogP contribution in [0.15, 0.2) is 24.4 Å². The molecule has 1 aromatic heterocycles. The van der Waals surface area contributed by atoms with Crippen molar-refractivity contribution < 1.29 is 9.47 Å². The highest BCUT2D eigenvalue weighted by Crippen LogP contribution is 2.33. The van der Waals surface area contributed by atoms with E-state index in [1.807, 2.05) is 29.8 Å². The summed E-state index contributed by atoms with van der Waals surface area (Å²) in [6.07, 6.45) is 2.71. The van der Waals surface area contributed by atoms with Crippen molar-refractivity contribution in [2.75, 3.05) is 13.2 Å². The number of benzene rings is 1. The van der Waals surface area contributed by atoms with E-state index < -0.39 is 0 Å². The summed E-state index contributed by atoms with van der Waals surface area (Å²) >= 11 is 0. The number of hydrogen-bond donors (Lipinski definition) is 1. The molecule has 2 N–H and O–H groups in total. The lowest BCUT2D eigenvalue weighted by molar-refractivity contribution is 0.297. The molecule has 19 heavy (non-hydrogen) atoms. The van der Waals surface area contributed by atoms with E-state index in [9.17, 15) is 0 Å². The summed E-state index contributed by atoms with van der Waals surface area (Å²) in [5.74, 6) is 2.47. The fraction of sp³-hybridized carbons (Fsp3) is 0.357. The summed E-state index contributed by atoms with van der Waals surface area (Å²) < 4.78 is 13.3. The van der Waals surface area contributed by atoms with Gasteiger partial charge in [-0.1, -0.05) is 0 Å². The predicted molar refractivity (Wildman–Crippen MR) is 72.1 cm³/mol. The number of hydrogen-bond acceptors (Lipinski definition) is 4. The quantitative estimate of drug-likeness (QED) is 0.891. The first-order chi connectivity index (χ1) is 9.29. The van der Waals surface area contributed by atoms with Crippen LogP contribution in [-0.2, 0) is 13.6 Å². The smallest absolute Gasteiger partial charge is 0.161 e. The molecular formula is C14H17N3O2. The van der Waals surface area contributed by atoms with Crippen molar-refractivity contribution in [2.24, 2.45) is 12.8 Å². The number of nitrogens with two attached hydrogens (primary N) is 1. The maximum absolute atomic E-state index is 5.70. The number of fused-ring (bicyclic) bond motifs is 1. The maximum Gasteiger partial charge on any atom is 0.161 e. The zero-order valence-electron chi connectivity index (χ0n) is 10.9. The van der Waals surface area contributed by atoms with Crippen LogP contribution in [0.4, 0.5) is 0 Å². The molecule has 3 rings (SSSR count). The lowest BCUT2D eigenvalue weighted by Gasteiger charge is -2.10. The summed E-state index contributed by atoms with van der Waals surface area (Å²) in [6.45, 7) is 1.87. The Kier molecular flexibility index (Phi) is 3.13. The molecule has 2 heterocycles.